The van der Waals surface area contributed by atoms with Crippen LogP contribution in [0.5, 0.6) is 5.75 Å². The van der Waals surface area contributed by atoms with Crippen LogP contribution >= 0.6 is 0 Å². The van der Waals surface area contributed by atoms with Crippen LogP contribution < -0.4 is 225 Å². The minimum absolute atomic E-state index is 0. The van der Waals surface area contributed by atoms with E-state index in [1.54, 1.807) is 70.2 Å². The number of benzene rings is 5. The van der Waals surface area contributed by atoms with Crippen molar-refractivity contribution in [2.45, 2.75) is 90.3 Å². The number of hydroxylamine groups is 2. The summed E-state index contributed by atoms with van der Waals surface area (Å²) >= 11 is 0. The van der Waals surface area contributed by atoms with Gasteiger partial charge in [-0.1, -0.05) is 55.0 Å². The van der Waals surface area contributed by atoms with Crippen molar-refractivity contribution in [3.8, 4) is 5.75 Å². The molecule has 27 nitrogen and oxygen atoms in total. The van der Waals surface area contributed by atoms with E-state index in [1.165, 1.54) is 0 Å². The molecular formula is C62H64K4N6O21S5. The van der Waals surface area contributed by atoms with Gasteiger partial charge in [0.1, 0.15) is 0 Å². The number of aryl methyl sites for hydroxylation is 3. The van der Waals surface area contributed by atoms with E-state index >= 15 is 0 Å². The number of fused-ring (bicyclic) bond motifs is 8. The van der Waals surface area contributed by atoms with Gasteiger partial charge in [0.25, 0.3) is 17.3 Å². The SMILES string of the molecule is O=C(CCCCCN(CCCS(=O)(=O)[O-])c1ccc(C(=C\C=C2/Oc3cc4c(cc3N2CCCS(=O)(=O)[O-])c2ccccc2n4CCCS(=O)(=O)[O-])/C=C/c2oc3cc4c(cc3[n+]2CCCS(=O)(=O)[O-])c2ccccc2n4CCCS(=O)(=O)[O-])cc1)ON1C(=O)CCC1=O.[K+].[K+].[K+].[K+]. The van der Waals surface area contributed by atoms with Gasteiger partial charge in [0.2, 0.25) is 11.5 Å². The summed E-state index contributed by atoms with van der Waals surface area (Å²) in [5.74, 6) is -4.61. The summed E-state index contributed by atoms with van der Waals surface area (Å²) in [7, 11) is -23.0. The molecule has 8 aromatic rings. The second-order valence-electron chi connectivity index (χ2n) is 22.8. The number of carbonyl (C=O) groups is 3. The van der Waals surface area contributed by atoms with Crippen LogP contribution in [0, 0.1) is 0 Å². The van der Waals surface area contributed by atoms with Crippen molar-refractivity contribution in [3.05, 3.63) is 133 Å². The van der Waals surface area contributed by atoms with Gasteiger partial charge in [-0.3, -0.25) is 9.59 Å². The van der Waals surface area contributed by atoms with Gasteiger partial charge in [-0.2, -0.15) is 4.57 Å². The number of allylic oxidation sites excluding steroid dienone is 4. The van der Waals surface area contributed by atoms with Crippen LogP contribution in [0.4, 0.5) is 11.4 Å². The molecule has 0 bridgehead atoms. The predicted octanol–water partition coefficient (Wildman–Crippen LogP) is -5.56. The maximum atomic E-state index is 12.5. The Labute approximate surface area is 737 Å². The molecule has 0 atom stereocenters. The first-order valence-electron chi connectivity index (χ1n) is 30.0. The normalized spacial score (nSPS) is 14.3. The average molecular weight is 1550 g/mol. The second kappa shape index (κ2) is 37.2. The molecule has 0 spiro atoms. The number of hydrogen-bond donors (Lipinski definition) is 0. The van der Waals surface area contributed by atoms with Gasteiger partial charge < -0.3 is 55.7 Å². The number of anilines is 2. The maximum Gasteiger partial charge on any atom is 1.00 e. The van der Waals surface area contributed by atoms with E-state index in [1.807, 2.05) is 74.7 Å². The molecular weight excluding hydrogens is 1480 g/mol. The third-order valence-corrected chi connectivity index (χ3v) is 20.0. The molecule has 1 fully saturated rings. The summed E-state index contributed by atoms with van der Waals surface area (Å²) < 4.78 is 196. The third-order valence-electron chi connectivity index (χ3n) is 16.1. The van der Waals surface area contributed by atoms with E-state index in [-0.39, 0.29) is 301 Å². The Morgan fingerprint density at radius 1 is 0.561 bits per heavy atom. The largest absolute Gasteiger partial charge is 1.00 e. The molecule has 2 aliphatic heterocycles. The predicted molar refractivity (Wildman–Crippen MR) is 342 cm³/mol. The quantitative estimate of drug-likeness (QED) is 0.00947. The molecule has 0 saturated carbocycles. The van der Waals surface area contributed by atoms with Crippen molar-refractivity contribution in [3.63, 3.8) is 0 Å². The van der Waals surface area contributed by atoms with E-state index < -0.39 is 97.1 Å². The fourth-order valence-corrected chi connectivity index (χ4v) is 14.3. The molecule has 0 radical (unpaired) electrons. The number of rotatable bonds is 32. The number of oxazole rings is 1. The van der Waals surface area contributed by atoms with Crippen LogP contribution in [0.2, 0.25) is 0 Å². The van der Waals surface area contributed by atoms with Gasteiger partial charge in [0, 0.05) is 144 Å². The maximum absolute atomic E-state index is 12.5. The number of ether oxygens (including phenoxy) is 1. The molecule has 5 heterocycles. The van der Waals surface area contributed by atoms with Crippen molar-refractivity contribution in [1.82, 2.24) is 14.2 Å². The van der Waals surface area contributed by atoms with Crippen LogP contribution in [-0.4, -0.2) is 145 Å². The van der Waals surface area contributed by atoms with Crippen LogP contribution in [0.25, 0.3) is 66.4 Å². The van der Waals surface area contributed by atoms with Crippen molar-refractivity contribution < 1.29 is 303 Å². The second-order valence-corrected chi connectivity index (χ2v) is 30.4. The van der Waals surface area contributed by atoms with Gasteiger partial charge in [0.15, 0.2) is 12.3 Å². The van der Waals surface area contributed by atoms with Gasteiger partial charge in [-0.15, -0.1) is 5.06 Å². The van der Waals surface area contributed by atoms with Crippen molar-refractivity contribution in [1.29, 1.82) is 0 Å². The summed E-state index contributed by atoms with van der Waals surface area (Å²) in [6.45, 7) is 0.691. The Morgan fingerprint density at radius 3 is 1.64 bits per heavy atom. The van der Waals surface area contributed by atoms with Gasteiger partial charge >= 0.3 is 217 Å². The van der Waals surface area contributed by atoms with Crippen LogP contribution in [0.3, 0.4) is 0 Å². The average Bonchev–Trinajstić information content (AvgIpc) is 1.59. The molecule has 502 valence electrons. The van der Waals surface area contributed by atoms with Crippen molar-refractivity contribution in [2.24, 2.45) is 0 Å². The number of imide groups is 1. The number of amides is 2. The number of carbonyl (C=O) groups excluding carboxylic acids is 3. The Morgan fingerprint density at radius 2 is 1.07 bits per heavy atom. The minimum atomic E-state index is -4.68. The number of aromatic nitrogens is 3. The smallest absolute Gasteiger partial charge is 0.748 e. The Hall–Kier alpha value is -1.50. The van der Waals surface area contributed by atoms with Gasteiger partial charge in [-0.05, 0) is 98.2 Å². The Balaban J connectivity index is 0.00000379. The zero-order valence-corrected chi connectivity index (χ0v) is 71.0. The first-order valence-corrected chi connectivity index (χ1v) is 37.9. The fraction of sp³-hybridized carbons (Fsp3) is 0.355. The standard InChI is InChI=1S/C62H68N6O21S5.4K/c69-58-24-25-59(70)68(58)89-62(71)17-2-1-7-28-63(29-8-34-90(72,73)74)45-22-18-43(19-23-45)44(20-26-60-66(32-11-37-93(81,82)83)54-39-48-46-13-3-5-15-50(46)64(30-9-35-91(75,76)77)52(48)41-56(54)87-60)21-27-61-67(33-12-38-94(84,85)86)55-40-49-47-14-4-6-16-51(47)65(31-10-36-92(78,79)80)53(49)42-57(55)88-61;;;;/h3-6,13-16,18-23,26-27,39-42H,1-2,7-12,17,24-25,28-38H2,(H4-,72,73,74,75,76,77,78,79,80,81,82,83,84,85,86);;;;/q;4*+1/p-4. The molecule has 0 N–H and O–H groups in total. The monoisotopic (exact) mass is 1540 g/mol. The van der Waals surface area contributed by atoms with Gasteiger partial charge in [-0.25, -0.2) is 46.9 Å². The first kappa shape index (κ1) is 85.4. The molecule has 2 amide bonds. The Kier molecular flexibility index (Phi) is 32.4. The number of nitrogens with zero attached hydrogens (tertiary/aromatic N) is 6. The Bertz CT molecular complexity index is 4950. The van der Waals surface area contributed by atoms with Crippen molar-refractivity contribution in [2.75, 3.05) is 58.2 Å². The van der Waals surface area contributed by atoms with Crippen LogP contribution in [0.1, 0.15) is 82.1 Å². The first-order chi connectivity index (χ1) is 44.5. The molecule has 0 aliphatic carbocycles. The topological polar surface area (TPSA) is 392 Å². The molecule has 10 rings (SSSR count). The molecule has 0 unspecified atom stereocenters. The van der Waals surface area contributed by atoms with Crippen LogP contribution in [0.15, 0.2) is 126 Å². The van der Waals surface area contributed by atoms with E-state index in [0.29, 0.717) is 92.0 Å². The van der Waals surface area contributed by atoms with E-state index in [9.17, 15) is 79.2 Å². The summed E-state index contributed by atoms with van der Waals surface area (Å²) in [5, 5.41) is 3.46. The van der Waals surface area contributed by atoms with E-state index in [2.05, 4.69) is 0 Å². The molecule has 98 heavy (non-hydrogen) atoms. The summed E-state index contributed by atoms with van der Waals surface area (Å²) in [6, 6.07) is 28.9. The summed E-state index contributed by atoms with van der Waals surface area (Å²) in [5.41, 5.74) is 5.65. The zero-order valence-electron chi connectivity index (χ0n) is 54.4. The summed E-state index contributed by atoms with van der Waals surface area (Å²) in [4.78, 5) is 45.0. The van der Waals surface area contributed by atoms with Gasteiger partial charge in [0.05, 0.1) is 73.4 Å². The van der Waals surface area contributed by atoms with Crippen LogP contribution in [-0.2, 0) is 89.4 Å². The number of unbranched alkanes of at least 4 members (excludes halogenated alkanes) is 2. The van der Waals surface area contributed by atoms with E-state index in [0.717, 1.165) is 21.8 Å². The summed E-state index contributed by atoms with van der Waals surface area (Å²) in [6.07, 6.45) is 7.35. The minimum Gasteiger partial charge on any atom is -0.748 e. The van der Waals surface area contributed by atoms with E-state index in [4.69, 9.17) is 14.0 Å². The van der Waals surface area contributed by atoms with Crippen molar-refractivity contribution >= 4 is 146 Å². The third kappa shape index (κ3) is 23.2. The molecule has 5 aromatic carbocycles. The zero-order chi connectivity index (χ0) is 67.3. The molecule has 2 aliphatic rings. The molecule has 3 aromatic heterocycles. The fourth-order valence-electron chi connectivity index (χ4n) is 11.9. The molecule has 1 saturated heterocycles. The number of hydrogen-bond acceptors (Lipinski definition) is 23. The number of para-hydroxylation sites is 2. The molecule has 36 heteroatoms.